The summed E-state index contributed by atoms with van der Waals surface area (Å²) < 4.78 is 28.8. The molecule has 410 valence electrons. The lowest BCUT2D eigenvalue weighted by Crippen LogP contribution is -2.37. The Morgan fingerprint density at radius 1 is 0.343 bits per heavy atom. The topological polar surface area (TPSA) is 135 Å². The molecule has 1 heterocycles. The van der Waals surface area contributed by atoms with Crippen LogP contribution >= 0.6 is 0 Å². The van der Waals surface area contributed by atoms with Crippen LogP contribution in [0.4, 0.5) is 0 Å². The highest BCUT2D eigenvalue weighted by Gasteiger charge is 2.20. The predicted molar refractivity (Wildman–Crippen MR) is 285 cm³/mol. The normalized spacial score (nSPS) is 12.7. The zero-order valence-electron chi connectivity index (χ0n) is 46.0. The number of likely N-dealkylation sites (tertiary alicyclic amines) is 1. The molecule has 0 amide bonds. The molecule has 1 aliphatic heterocycles. The van der Waals surface area contributed by atoms with Crippen molar-refractivity contribution in [3.63, 3.8) is 0 Å². The zero-order chi connectivity index (χ0) is 51.0. The first kappa shape index (κ1) is 65.3. The lowest BCUT2D eigenvalue weighted by molar-refractivity contribution is -0.155. The van der Waals surface area contributed by atoms with Crippen molar-refractivity contribution in [2.75, 3.05) is 39.5 Å². The van der Waals surface area contributed by atoms with E-state index in [2.05, 4.69) is 32.6 Å². The molecule has 70 heavy (non-hydrogen) atoms. The third-order valence-corrected chi connectivity index (χ3v) is 13.9. The van der Waals surface area contributed by atoms with Gasteiger partial charge in [0.1, 0.15) is 32.0 Å². The second-order valence-electron chi connectivity index (χ2n) is 20.8. The fourth-order valence-electron chi connectivity index (χ4n) is 9.08. The van der Waals surface area contributed by atoms with E-state index in [9.17, 15) is 24.0 Å². The van der Waals surface area contributed by atoms with Crippen molar-refractivity contribution in [3.8, 4) is 0 Å². The fourth-order valence-corrected chi connectivity index (χ4v) is 9.08. The molecule has 0 saturated carbocycles. The van der Waals surface area contributed by atoms with Crippen LogP contribution < -0.4 is 0 Å². The Hall–Kier alpha value is -2.69. The van der Waals surface area contributed by atoms with Gasteiger partial charge in [-0.1, -0.05) is 163 Å². The molecule has 1 fully saturated rings. The average Bonchev–Trinajstić information content (AvgIpc) is 3.33. The third-order valence-electron chi connectivity index (χ3n) is 13.9. The minimum absolute atomic E-state index is 0.0256. The minimum atomic E-state index is -0.515. The van der Waals surface area contributed by atoms with E-state index in [4.69, 9.17) is 23.7 Å². The Bertz CT molecular complexity index is 1150. The van der Waals surface area contributed by atoms with E-state index < -0.39 is 17.9 Å². The van der Waals surface area contributed by atoms with Crippen molar-refractivity contribution in [2.45, 2.75) is 303 Å². The van der Waals surface area contributed by atoms with Gasteiger partial charge in [-0.2, -0.15) is 0 Å². The van der Waals surface area contributed by atoms with E-state index >= 15 is 0 Å². The summed E-state index contributed by atoms with van der Waals surface area (Å²) in [7, 11) is 0. The van der Waals surface area contributed by atoms with Crippen LogP contribution in [0.15, 0.2) is 0 Å². The van der Waals surface area contributed by atoms with E-state index in [1.54, 1.807) is 0 Å². The Kier molecular flexibility index (Phi) is 45.3. The molecule has 1 saturated heterocycles. The lowest BCUT2D eigenvalue weighted by atomic mass is 10.0. The van der Waals surface area contributed by atoms with Gasteiger partial charge in [-0.25, -0.2) is 0 Å². The van der Waals surface area contributed by atoms with Gasteiger partial charge in [0.05, 0.1) is 5.92 Å². The number of nitrogens with zero attached hydrogens (tertiary/aromatic N) is 1. The molecule has 0 bridgehead atoms. The highest BCUT2D eigenvalue weighted by molar-refractivity contribution is 5.71. The molecule has 1 rings (SSSR count). The van der Waals surface area contributed by atoms with Crippen LogP contribution in [0.5, 0.6) is 0 Å². The van der Waals surface area contributed by atoms with Gasteiger partial charge >= 0.3 is 29.8 Å². The molecular weight excluding hydrogens is 883 g/mol. The summed E-state index contributed by atoms with van der Waals surface area (Å²) in [5.41, 5.74) is 0. The number of rotatable bonds is 52. The number of ether oxygens (including phenoxy) is 5. The average molecular weight is 993 g/mol. The second kappa shape index (κ2) is 48.6. The van der Waals surface area contributed by atoms with Gasteiger partial charge in [0.25, 0.3) is 0 Å². The number of carbonyl (C=O) groups excluding carboxylic acids is 5. The highest BCUT2D eigenvalue weighted by Crippen LogP contribution is 2.21. The van der Waals surface area contributed by atoms with Crippen molar-refractivity contribution < 1.29 is 47.7 Å². The summed E-state index contributed by atoms with van der Waals surface area (Å²) in [5.74, 6) is -2.03. The van der Waals surface area contributed by atoms with Gasteiger partial charge in [-0.3, -0.25) is 24.0 Å². The summed E-state index contributed by atoms with van der Waals surface area (Å²) >= 11 is 0. The smallest absolute Gasteiger partial charge is 0.306 e. The first-order valence-electron chi connectivity index (χ1n) is 29.8. The van der Waals surface area contributed by atoms with Crippen molar-refractivity contribution in [2.24, 2.45) is 5.92 Å². The molecular formula is C59H109NO10. The maximum atomic E-state index is 12.9. The van der Waals surface area contributed by atoms with E-state index in [1.807, 2.05) is 0 Å². The molecule has 0 aliphatic carbocycles. The molecule has 0 radical (unpaired) electrons. The molecule has 1 aliphatic rings. The van der Waals surface area contributed by atoms with Crippen LogP contribution in [0.1, 0.15) is 291 Å². The Balaban J connectivity index is 2.57. The van der Waals surface area contributed by atoms with Crippen LogP contribution in [0.2, 0.25) is 0 Å². The maximum absolute atomic E-state index is 12.9. The SMILES string of the molecule is CCCCCCCCC(CCCCCCCC)OC(=O)CCCCC(=O)OCC(COC(=O)CCCCCN1CCC1)COC(=O)CCCCC(=O)OC(CCCCCCCC)CCCCCCCC. The van der Waals surface area contributed by atoms with Crippen molar-refractivity contribution in [1.82, 2.24) is 4.90 Å². The van der Waals surface area contributed by atoms with E-state index in [0.717, 1.165) is 77.2 Å². The van der Waals surface area contributed by atoms with Crippen LogP contribution in [-0.4, -0.2) is 86.4 Å². The summed E-state index contributed by atoms with van der Waals surface area (Å²) in [5, 5.41) is 0. The zero-order valence-corrected chi connectivity index (χ0v) is 46.0. The predicted octanol–water partition coefficient (Wildman–Crippen LogP) is 15.4. The van der Waals surface area contributed by atoms with Crippen LogP contribution in [0.25, 0.3) is 0 Å². The number of hydrogen-bond donors (Lipinski definition) is 0. The molecule has 0 aromatic heterocycles. The standard InChI is InChI=1S/C59H109NO10/c1-5-9-13-17-21-26-37-53(38-27-22-18-14-10-6-2)69-58(64)44-33-31-42-56(62)67-50-52(49-66-55(61)41-30-25-35-46-60-47-36-48-60)51-68-57(63)43-32-34-45-59(65)70-54(39-28-23-19-15-11-7-3)40-29-24-20-16-12-8-4/h52-54H,5-51H2,1-4H3. The van der Waals surface area contributed by atoms with Gasteiger partial charge < -0.3 is 28.6 Å². The quantitative estimate of drug-likeness (QED) is 0.0327. The number of unbranched alkanes of at least 4 members (excludes halogenated alkanes) is 24. The third kappa shape index (κ3) is 41.9. The molecule has 0 aromatic rings. The summed E-state index contributed by atoms with van der Waals surface area (Å²) in [6, 6.07) is 0. The van der Waals surface area contributed by atoms with Crippen LogP contribution in [0, 0.1) is 5.92 Å². The summed E-state index contributed by atoms with van der Waals surface area (Å²) in [6.45, 7) is 12.2. The second-order valence-corrected chi connectivity index (χ2v) is 20.8. The Labute approximate surface area is 429 Å². The molecule has 0 unspecified atom stereocenters. The number of esters is 5. The van der Waals surface area contributed by atoms with Crippen molar-refractivity contribution in [1.29, 1.82) is 0 Å². The minimum Gasteiger partial charge on any atom is -0.465 e. The van der Waals surface area contributed by atoms with Gasteiger partial charge in [0.2, 0.25) is 0 Å². The molecule has 0 spiro atoms. The van der Waals surface area contributed by atoms with E-state index in [-0.39, 0.29) is 75.6 Å². The molecule has 0 atom stereocenters. The fraction of sp³-hybridized carbons (Fsp3) is 0.915. The lowest BCUT2D eigenvalue weighted by Gasteiger charge is -2.30. The molecule has 0 N–H and O–H groups in total. The van der Waals surface area contributed by atoms with Crippen molar-refractivity contribution >= 4 is 29.8 Å². The monoisotopic (exact) mass is 992 g/mol. The first-order chi connectivity index (χ1) is 34.2. The summed E-state index contributed by atoms with van der Waals surface area (Å²) in [6.07, 6.45) is 39.9. The van der Waals surface area contributed by atoms with Gasteiger partial charge in [-0.15, -0.1) is 0 Å². The van der Waals surface area contributed by atoms with E-state index in [1.165, 1.54) is 148 Å². The van der Waals surface area contributed by atoms with Gasteiger partial charge in [0.15, 0.2) is 0 Å². The molecule has 11 nitrogen and oxygen atoms in total. The Morgan fingerprint density at radius 3 is 0.914 bits per heavy atom. The van der Waals surface area contributed by atoms with Crippen LogP contribution in [-0.2, 0) is 47.7 Å². The largest absolute Gasteiger partial charge is 0.465 e. The Morgan fingerprint density at radius 2 is 0.614 bits per heavy atom. The van der Waals surface area contributed by atoms with Crippen LogP contribution in [0.3, 0.4) is 0 Å². The molecule has 0 aromatic carbocycles. The summed E-state index contributed by atoms with van der Waals surface area (Å²) in [4.78, 5) is 66.6. The first-order valence-corrected chi connectivity index (χ1v) is 29.8. The van der Waals surface area contributed by atoms with E-state index in [0.29, 0.717) is 32.1 Å². The molecule has 11 heteroatoms. The van der Waals surface area contributed by atoms with Crippen molar-refractivity contribution in [3.05, 3.63) is 0 Å². The van der Waals surface area contributed by atoms with Gasteiger partial charge in [0, 0.05) is 32.1 Å². The highest BCUT2D eigenvalue weighted by atomic mass is 16.6. The number of hydrogen-bond acceptors (Lipinski definition) is 11. The van der Waals surface area contributed by atoms with Gasteiger partial charge in [-0.05, 0) is 116 Å². The number of carbonyl (C=O) groups is 5. The maximum Gasteiger partial charge on any atom is 0.306 e.